The Morgan fingerprint density at radius 3 is 2.14 bits per heavy atom. The molecular weight excluding hydrogens is 258 g/mol. The molecule has 0 aliphatic carbocycles. The van der Waals surface area contributed by atoms with Crippen LogP contribution in [0.15, 0.2) is 54.6 Å². The Labute approximate surface area is 127 Å². The first-order chi connectivity index (χ1) is 10.1. The lowest BCUT2D eigenvalue weighted by Crippen LogP contribution is -2.30. The number of rotatable bonds is 5. The predicted molar refractivity (Wildman–Crippen MR) is 87.4 cm³/mol. The third-order valence-corrected chi connectivity index (χ3v) is 3.71. The van der Waals surface area contributed by atoms with E-state index in [0.717, 1.165) is 11.1 Å². The van der Waals surface area contributed by atoms with E-state index >= 15 is 0 Å². The van der Waals surface area contributed by atoms with Gasteiger partial charge in [-0.3, -0.25) is 4.79 Å². The van der Waals surface area contributed by atoms with Gasteiger partial charge in [-0.25, -0.2) is 0 Å². The van der Waals surface area contributed by atoms with E-state index in [-0.39, 0.29) is 5.91 Å². The highest BCUT2D eigenvalue weighted by Crippen LogP contribution is 2.16. The fourth-order valence-corrected chi connectivity index (χ4v) is 2.32. The molecule has 2 aromatic carbocycles. The SMILES string of the molecule is CCN(Cc1ccccc1)C(=O)c1ccc(C(C)C)cc1. The maximum absolute atomic E-state index is 12.6. The molecule has 0 saturated carbocycles. The molecule has 21 heavy (non-hydrogen) atoms. The smallest absolute Gasteiger partial charge is 0.254 e. The minimum Gasteiger partial charge on any atom is -0.335 e. The van der Waals surface area contributed by atoms with Crippen molar-refractivity contribution in [2.45, 2.75) is 33.2 Å². The lowest BCUT2D eigenvalue weighted by atomic mass is 10.0. The van der Waals surface area contributed by atoms with Gasteiger partial charge < -0.3 is 4.90 Å². The first-order valence-corrected chi connectivity index (χ1v) is 7.55. The zero-order valence-electron chi connectivity index (χ0n) is 13.0. The second-order valence-electron chi connectivity index (χ2n) is 5.58. The molecule has 0 spiro atoms. The van der Waals surface area contributed by atoms with E-state index in [1.807, 2.05) is 54.3 Å². The van der Waals surface area contributed by atoms with Gasteiger partial charge in [0.15, 0.2) is 0 Å². The molecule has 110 valence electrons. The van der Waals surface area contributed by atoms with Crippen LogP contribution in [0.1, 0.15) is 48.2 Å². The third kappa shape index (κ3) is 3.94. The topological polar surface area (TPSA) is 20.3 Å². The second-order valence-corrected chi connectivity index (χ2v) is 5.58. The monoisotopic (exact) mass is 281 g/mol. The third-order valence-electron chi connectivity index (χ3n) is 3.71. The Morgan fingerprint density at radius 1 is 1.00 bits per heavy atom. The van der Waals surface area contributed by atoms with E-state index in [1.165, 1.54) is 5.56 Å². The molecule has 0 fully saturated rings. The zero-order chi connectivity index (χ0) is 15.2. The Balaban J connectivity index is 2.12. The molecule has 0 saturated heterocycles. The van der Waals surface area contributed by atoms with Crippen LogP contribution in [0.5, 0.6) is 0 Å². The van der Waals surface area contributed by atoms with E-state index < -0.39 is 0 Å². The van der Waals surface area contributed by atoms with Crippen molar-refractivity contribution >= 4 is 5.91 Å². The van der Waals surface area contributed by atoms with E-state index in [4.69, 9.17) is 0 Å². The molecule has 0 radical (unpaired) electrons. The molecule has 2 aromatic rings. The summed E-state index contributed by atoms with van der Waals surface area (Å²) >= 11 is 0. The van der Waals surface area contributed by atoms with Crippen LogP contribution in [0.4, 0.5) is 0 Å². The molecule has 0 aliphatic heterocycles. The van der Waals surface area contributed by atoms with Crippen molar-refractivity contribution in [3.63, 3.8) is 0 Å². The summed E-state index contributed by atoms with van der Waals surface area (Å²) in [6, 6.07) is 18.1. The van der Waals surface area contributed by atoms with E-state index in [1.54, 1.807) is 0 Å². The number of hydrogen-bond acceptors (Lipinski definition) is 1. The molecular formula is C19H23NO. The minimum atomic E-state index is 0.0941. The highest BCUT2D eigenvalue weighted by atomic mass is 16.2. The fraction of sp³-hybridized carbons (Fsp3) is 0.316. The molecule has 0 bridgehead atoms. The highest BCUT2D eigenvalue weighted by Gasteiger charge is 2.14. The van der Waals surface area contributed by atoms with Crippen LogP contribution in [0, 0.1) is 0 Å². The summed E-state index contributed by atoms with van der Waals surface area (Å²) in [5, 5.41) is 0. The van der Waals surface area contributed by atoms with Gasteiger partial charge in [0.05, 0.1) is 0 Å². The Kier molecular flexibility index (Phi) is 5.15. The molecule has 0 N–H and O–H groups in total. The normalized spacial score (nSPS) is 10.7. The number of amides is 1. The second kappa shape index (κ2) is 7.07. The predicted octanol–water partition coefficient (Wildman–Crippen LogP) is 4.47. The lowest BCUT2D eigenvalue weighted by molar-refractivity contribution is 0.0752. The molecule has 2 rings (SSSR count). The van der Waals surface area contributed by atoms with Gasteiger partial charge in [-0.1, -0.05) is 56.3 Å². The molecule has 0 unspecified atom stereocenters. The summed E-state index contributed by atoms with van der Waals surface area (Å²) in [5.74, 6) is 0.581. The first-order valence-electron chi connectivity index (χ1n) is 7.55. The molecule has 2 heteroatoms. The molecule has 0 atom stereocenters. The maximum atomic E-state index is 12.6. The molecule has 0 aromatic heterocycles. The molecule has 1 amide bonds. The van der Waals surface area contributed by atoms with Crippen LogP contribution in [0.3, 0.4) is 0 Å². The van der Waals surface area contributed by atoms with Gasteiger partial charge in [-0.2, -0.15) is 0 Å². The largest absolute Gasteiger partial charge is 0.335 e. The van der Waals surface area contributed by atoms with Gasteiger partial charge in [0.2, 0.25) is 0 Å². The number of carbonyl (C=O) groups excluding carboxylic acids is 1. The average molecular weight is 281 g/mol. The van der Waals surface area contributed by atoms with Crippen LogP contribution in [0.2, 0.25) is 0 Å². The van der Waals surface area contributed by atoms with Crippen molar-refractivity contribution < 1.29 is 4.79 Å². The fourth-order valence-electron chi connectivity index (χ4n) is 2.32. The van der Waals surface area contributed by atoms with Crippen molar-refractivity contribution in [1.29, 1.82) is 0 Å². The average Bonchev–Trinajstić information content (AvgIpc) is 2.53. The van der Waals surface area contributed by atoms with E-state index in [0.29, 0.717) is 19.0 Å². The Morgan fingerprint density at radius 2 is 1.62 bits per heavy atom. The number of benzene rings is 2. The lowest BCUT2D eigenvalue weighted by Gasteiger charge is -2.21. The number of nitrogens with zero attached hydrogens (tertiary/aromatic N) is 1. The summed E-state index contributed by atoms with van der Waals surface area (Å²) < 4.78 is 0. The zero-order valence-corrected chi connectivity index (χ0v) is 13.0. The van der Waals surface area contributed by atoms with Gasteiger partial charge in [-0.05, 0) is 36.1 Å². The van der Waals surface area contributed by atoms with Crippen LogP contribution in [-0.4, -0.2) is 17.4 Å². The van der Waals surface area contributed by atoms with Gasteiger partial charge in [0.25, 0.3) is 5.91 Å². The van der Waals surface area contributed by atoms with Gasteiger partial charge in [-0.15, -0.1) is 0 Å². The quantitative estimate of drug-likeness (QED) is 0.791. The van der Waals surface area contributed by atoms with E-state index in [9.17, 15) is 4.79 Å². The maximum Gasteiger partial charge on any atom is 0.254 e. The highest BCUT2D eigenvalue weighted by molar-refractivity contribution is 5.94. The summed E-state index contributed by atoms with van der Waals surface area (Å²) in [7, 11) is 0. The summed E-state index contributed by atoms with van der Waals surface area (Å²) in [6.07, 6.45) is 0. The van der Waals surface area contributed by atoms with Crippen LogP contribution in [-0.2, 0) is 6.54 Å². The minimum absolute atomic E-state index is 0.0941. The Bertz CT molecular complexity index is 572. The standard InChI is InChI=1S/C19H23NO/c1-4-20(14-16-8-6-5-7-9-16)19(21)18-12-10-17(11-13-18)15(2)3/h5-13,15H,4,14H2,1-3H3. The van der Waals surface area contributed by atoms with Crippen molar-refractivity contribution in [1.82, 2.24) is 4.90 Å². The van der Waals surface area contributed by atoms with Crippen LogP contribution < -0.4 is 0 Å². The van der Waals surface area contributed by atoms with Gasteiger partial charge in [0.1, 0.15) is 0 Å². The van der Waals surface area contributed by atoms with Crippen LogP contribution in [0.25, 0.3) is 0 Å². The van der Waals surface area contributed by atoms with Crippen molar-refractivity contribution in [2.75, 3.05) is 6.54 Å². The number of hydrogen-bond donors (Lipinski definition) is 0. The first kappa shape index (κ1) is 15.3. The Hall–Kier alpha value is -2.09. The van der Waals surface area contributed by atoms with Gasteiger partial charge >= 0.3 is 0 Å². The number of carbonyl (C=O) groups is 1. The van der Waals surface area contributed by atoms with Crippen molar-refractivity contribution in [2.24, 2.45) is 0 Å². The summed E-state index contributed by atoms with van der Waals surface area (Å²) in [4.78, 5) is 14.5. The summed E-state index contributed by atoms with van der Waals surface area (Å²) in [6.45, 7) is 7.69. The van der Waals surface area contributed by atoms with Crippen molar-refractivity contribution in [3.05, 3.63) is 71.3 Å². The molecule has 2 nitrogen and oxygen atoms in total. The molecule has 0 aliphatic rings. The van der Waals surface area contributed by atoms with Gasteiger partial charge in [0, 0.05) is 18.7 Å². The van der Waals surface area contributed by atoms with Crippen LogP contribution >= 0.6 is 0 Å². The molecule has 0 heterocycles. The van der Waals surface area contributed by atoms with Crippen molar-refractivity contribution in [3.8, 4) is 0 Å². The van der Waals surface area contributed by atoms with E-state index in [2.05, 4.69) is 26.0 Å². The summed E-state index contributed by atoms with van der Waals surface area (Å²) in [5.41, 5.74) is 3.18.